The third kappa shape index (κ3) is 4.27. The van der Waals surface area contributed by atoms with E-state index in [-0.39, 0.29) is 22.6 Å². The van der Waals surface area contributed by atoms with Gasteiger partial charge in [0.1, 0.15) is 5.69 Å². The van der Waals surface area contributed by atoms with E-state index in [1.165, 1.54) is 28.9 Å². The number of rotatable bonds is 5. The van der Waals surface area contributed by atoms with Gasteiger partial charge >= 0.3 is 5.97 Å². The molecule has 148 valence electrons. The number of hydrogen-bond acceptors (Lipinski definition) is 5. The first-order valence-corrected chi connectivity index (χ1v) is 8.86. The maximum Gasteiger partial charge on any atom is 0.335 e. The summed E-state index contributed by atoms with van der Waals surface area (Å²) in [4.78, 5) is 23.1. The second kappa shape index (κ2) is 8.15. The number of carbonyl (C=O) groups excluding carboxylic acids is 1. The zero-order valence-electron chi connectivity index (χ0n) is 15.5. The Hall–Kier alpha value is -3.65. The molecule has 2 aromatic carbocycles. The highest BCUT2D eigenvalue weighted by atomic mass is 35.5. The molecule has 0 aliphatic heterocycles. The van der Waals surface area contributed by atoms with Crippen molar-refractivity contribution in [3.8, 4) is 17.0 Å². The van der Waals surface area contributed by atoms with Crippen LogP contribution < -0.4 is 5.43 Å². The van der Waals surface area contributed by atoms with Crippen LogP contribution in [-0.2, 0) is 7.05 Å². The van der Waals surface area contributed by atoms with E-state index >= 15 is 0 Å². The van der Waals surface area contributed by atoms with Crippen LogP contribution in [0, 0.1) is 0 Å². The lowest BCUT2D eigenvalue weighted by atomic mass is 10.1. The lowest BCUT2D eigenvalue weighted by molar-refractivity contribution is 0.0696. The van der Waals surface area contributed by atoms with Gasteiger partial charge in [-0.2, -0.15) is 10.2 Å². The summed E-state index contributed by atoms with van der Waals surface area (Å²) < 4.78 is 1.51. The van der Waals surface area contributed by atoms with Crippen molar-refractivity contribution in [2.45, 2.75) is 6.92 Å². The van der Waals surface area contributed by atoms with Crippen molar-refractivity contribution in [1.29, 1.82) is 0 Å². The highest BCUT2D eigenvalue weighted by Gasteiger charge is 2.19. The van der Waals surface area contributed by atoms with Crippen LogP contribution in [0.15, 0.2) is 53.6 Å². The molecule has 1 aromatic heterocycles. The first-order valence-electron chi connectivity index (χ1n) is 8.48. The number of aromatic nitrogens is 2. The molecule has 0 unspecified atom stereocenters. The third-order valence-electron chi connectivity index (χ3n) is 4.20. The van der Waals surface area contributed by atoms with E-state index in [1.54, 1.807) is 38.2 Å². The van der Waals surface area contributed by atoms with Gasteiger partial charge in [-0.25, -0.2) is 10.2 Å². The van der Waals surface area contributed by atoms with Crippen LogP contribution in [0.1, 0.15) is 33.3 Å². The van der Waals surface area contributed by atoms with Crippen molar-refractivity contribution in [1.82, 2.24) is 15.2 Å². The minimum absolute atomic E-state index is 0.0730. The summed E-state index contributed by atoms with van der Waals surface area (Å²) in [7, 11) is 1.68. The van der Waals surface area contributed by atoms with Gasteiger partial charge in [0.05, 0.1) is 11.3 Å². The zero-order valence-corrected chi connectivity index (χ0v) is 16.3. The number of aromatic hydroxyl groups is 1. The predicted molar refractivity (Wildman–Crippen MR) is 108 cm³/mol. The molecule has 0 aliphatic carbocycles. The molecule has 0 aliphatic rings. The fourth-order valence-electron chi connectivity index (χ4n) is 2.70. The maximum atomic E-state index is 12.2. The predicted octanol–water partition coefficient (Wildman–Crippen LogP) is 3.30. The largest absolute Gasteiger partial charge is 0.504 e. The molecule has 0 bridgehead atoms. The third-order valence-corrected chi connectivity index (χ3v) is 4.45. The quantitative estimate of drug-likeness (QED) is 0.439. The Morgan fingerprint density at radius 2 is 1.66 bits per heavy atom. The number of carboxylic acids is 1. The molecule has 0 atom stereocenters. The lowest BCUT2D eigenvalue weighted by Gasteiger charge is -2.03. The molecule has 8 nitrogen and oxygen atoms in total. The van der Waals surface area contributed by atoms with Gasteiger partial charge in [0.15, 0.2) is 11.4 Å². The van der Waals surface area contributed by atoms with E-state index in [2.05, 4.69) is 15.6 Å². The van der Waals surface area contributed by atoms with Crippen molar-refractivity contribution in [3.63, 3.8) is 0 Å². The Balaban J connectivity index is 1.81. The number of carbonyl (C=O) groups is 2. The molecule has 1 heterocycles. The number of amides is 1. The Kier molecular flexibility index (Phi) is 5.65. The summed E-state index contributed by atoms with van der Waals surface area (Å²) in [6, 6.07) is 12.4. The van der Waals surface area contributed by atoms with Gasteiger partial charge in [-0.15, -0.1) is 0 Å². The number of aromatic carboxylic acids is 1. The normalized spacial score (nSPS) is 11.3. The smallest absolute Gasteiger partial charge is 0.335 e. The maximum absolute atomic E-state index is 12.2. The van der Waals surface area contributed by atoms with Crippen LogP contribution in [0.25, 0.3) is 11.3 Å². The van der Waals surface area contributed by atoms with Crippen molar-refractivity contribution in [2.75, 3.05) is 0 Å². The van der Waals surface area contributed by atoms with E-state index in [9.17, 15) is 14.7 Å². The fraction of sp³-hybridized carbons (Fsp3) is 0.100. The van der Waals surface area contributed by atoms with Crippen LogP contribution in [0.2, 0.25) is 5.02 Å². The van der Waals surface area contributed by atoms with E-state index in [0.717, 1.165) is 5.56 Å². The molecule has 0 fully saturated rings. The molecular formula is C20H17ClN4O4. The standard InChI is InChI=1S/C20H17ClN4O4/c1-11(22-23-19(27)13-3-5-14(6-4-13)20(28)29)16-18(26)17(25(2)24-16)12-7-9-15(21)10-8-12/h3-10,26H,1-2H3,(H,23,27)(H,28,29). The molecule has 3 aromatic rings. The highest BCUT2D eigenvalue weighted by Crippen LogP contribution is 2.32. The van der Waals surface area contributed by atoms with Gasteiger partial charge in [0.25, 0.3) is 5.91 Å². The number of nitrogens with one attached hydrogen (secondary N) is 1. The summed E-state index contributed by atoms with van der Waals surface area (Å²) in [5.74, 6) is -1.67. The molecule has 0 spiro atoms. The molecule has 9 heteroatoms. The Morgan fingerprint density at radius 3 is 2.24 bits per heavy atom. The first kappa shape index (κ1) is 20.1. The first-order chi connectivity index (χ1) is 13.8. The molecular weight excluding hydrogens is 396 g/mol. The Bertz CT molecular complexity index is 1100. The molecule has 3 N–H and O–H groups in total. The van der Waals surface area contributed by atoms with Crippen LogP contribution in [-0.4, -0.2) is 37.6 Å². The average molecular weight is 413 g/mol. The summed E-state index contributed by atoms with van der Waals surface area (Å²) in [6.45, 7) is 1.60. The number of hydrogen-bond donors (Lipinski definition) is 3. The number of hydrazone groups is 1. The van der Waals surface area contributed by atoms with Gasteiger partial charge in [0.2, 0.25) is 0 Å². The summed E-state index contributed by atoms with van der Waals surface area (Å²) >= 11 is 5.91. The number of carboxylic acid groups (broad SMARTS) is 1. The van der Waals surface area contributed by atoms with E-state index in [1.807, 2.05) is 0 Å². The Morgan fingerprint density at radius 1 is 1.07 bits per heavy atom. The lowest BCUT2D eigenvalue weighted by Crippen LogP contribution is -2.19. The number of nitrogens with zero attached hydrogens (tertiary/aromatic N) is 3. The van der Waals surface area contributed by atoms with Crippen LogP contribution in [0.5, 0.6) is 5.75 Å². The van der Waals surface area contributed by atoms with Crippen molar-refractivity contribution >= 4 is 29.2 Å². The average Bonchev–Trinajstić information content (AvgIpc) is 3.01. The number of aryl methyl sites for hydroxylation is 1. The highest BCUT2D eigenvalue weighted by molar-refractivity contribution is 6.30. The summed E-state index contributed by atoms with van der Waals surface area (Å²) in [5, 5.41) is 28.4. The zero-order chi connectivity index (χ0) is 21.1. The van der Waals surface area contributed by atoms with Crippen LogP contribution in [0.4, 0.5) is 0 Å². The minimum atomic E-state index is -1.08. The SMILES string of the molecule is CC(=NNC(=O)c1ccc(C(=O)O)cc1)c1nn(C)c(-c2ccc(Cl)cc2)c1O. The minimum Gasteiger partial charge on any atom is -0.504 e. The van der Waals surface area contributed by atoms with Crippen LogP contribution in [0.3, 0.4) is 0 Å². The molecule has 3 rings (SSSR count). The second-order valence-corrected chi connectivity index (χ2v) is 6.63. The molecule has 1 amide bonds. The molecule has 0 saturated heterocycles. The molecule has 0 saturated carbocycles. The van der Waals surface area contributed by atoms with Gasteiger partial charge in [-0.1, -0.05) is 23.7 Å². The second-order valence-electron chi connectivity index (χ2n) is 6.20. The van der Waals surface area contributed by atoms with Crippen LogP contribution >= 0.6 is 11.6 Å². The molecule has 0 radical (unpaired) electrons. The van der Waals surface area contributed by atoms with Gasteiger partial charge in [-0.3, -0.25) is 9.48 Å². The summed E-state index contributed by atoms with van der Waals surface area (Å²) in [5.41, 5.74) is 4.43. The topological polar surface area (TPSA) is 117 Å². The fourth-order valence-corrected chi connectivity index (χ4v) is 2.83. The molecule has 29 heavy (non-hydrogen) atoms. The van der Waals surface area contributed by atoms with Crippen molar-refractivity contribution in [2.24, 2.45) is 12.1 Å². The monoisotopic (exact) mass is 412 g/mol. The van der Waals surface area contributed by atoms with Gasteiger partial charge < -0.3 is 10.2 Å². The van der Waals surface area contributed by atoms with Gasteiger partial charge in [-0.05, 0) is 43.3 Å². The number of halogens is 1. The van der Waals surface area contributed by atoms with Crippen molar-refractivity contribution < 1.29 is 19.8 Å². The van der Waals surface area contributed by atoms with E-state index in [4.69, 9.17) is 16.7 Å². The van der Waals surface area contributed by atoms with E-state index in [0.29, 0.717) is 16.4 Å². The Labute approximate surface area is 171 Å². The number of benzene rings is 2. The van der Waals surface area contributed by atoms with Gasteiger partial charge in [0, 0.05) is 23.2 Å². The summed E-state index contributed by atoms with van der Waals surface area (Å²) in [6.07, 6.45) is 0. The van der Waals surface area contributed by atoms with Crippen molar-refractivity contribution in [3.05, 3.63) is 70.4 Å². The van der Waals surface area contributed by atoms with E-state index < -0.39 is 11.9 Å².